The lowest BCUT2D eigenvalue weighted by molar-refractivity contribution is 0.0367. The summed E-state index contributed by atoms with van der Waals surface area (Å²) < 4.78 is 30.7. The predicted molar refractivity (Wildman–Crippen MR) is 50.2 cm³/mol. The number of ether oxygens (including phenoxy) is 1. The first-order valence-corrected chi connectivity index (χ1v) is 4.45. The Balaban J connectivity index is 3.27. The van der Waals surface area contributed by atoms with Gasteiger partial charge in [0.2, 0.25) is 0 Å². The molecule has 0 bridgehead atoms. The summed E-state index contributed by atoms with van der Waals surface area (Å²) in [7, 11) is 0. The number of benzene rings is 1. The monoisotopic (exact) mass is 232 g/mol. The lowest BCUT2D eigenvalue weighted by Gasteiger charge is -2.10. The standard InChI is InChI=1S/C10H10F2O4/c1-4(2)16-10(15)7-8(12)5(11)3-6(13)9(7)14/h3-4,13-14H,1-2H3. The highest BCUT2D eigenvalue weighted by Gasteiger charge is 2.25. The predicted octanol–water partition coefficient (Wildman–Crippen LogP) is 1.94. The summed E-state index contributed by atoms with van der Waals surface area (Å²) in [5.41, 5.74) is -1.01. The molecule has 16 heavy (non-hydrogen) atoms. The van der Waals surface area contributed by atoms with Gasteiger partial charge in [-0.3, -0.25) is 0 Å². The van der Waals surface area contributed by atoms with E-state index in [4.69, 9.17) is 5.11 Å². The second-order valence-corrected chi connectivity index (χ2v) is 3.37. The highest BCUT2D eigenvalue weighted by molar-refractivity contribution is 5.93. The fourth-order valence-electron chi connectivity index (χ4n) is 1.06. The summed E-state index contributed by atoms with van der Waals surface area (Å²) in [5.74, 6) is -6.19. The number of carbonyl (C=O) groups excluding carboxylic acids is 1. The lowest BCUT2D eigenvalue weighted by Crippen LogP contribution is -2.14. The van der Waals surface area contributed by atoms with E-state index in [9.17, 15) is 18.7 Å². The molecule has 1 rings (SSSR count). The van der Waals surface area contributed by atoms with Crippen LogP contribution in [0.4, 0.5) is 8.78 Å². The van der Waals surface area contributed by atoms with Crippen molar-refractivity contribution in [2.75, 3.05) is 0 Å². The van der Waals surface area contributed by atoms with Gasteiger partial charge in [0.05, 0.1) is 6.10 Å². The fraction of sp³-hybridized carbons (Fsp3) is 0.300. The Morgan fingerprint density at radius 3 is 2.44 bits per heavy atom. The van der Waals surface area contributed by atoms with Gasteiger partial charge in [-0.2, -0.15) is 0 Å². The van der Waals surface area contributed by atoms with Crippen LogP contribution in [0, 0.1) is 11.6 Å². The molecule has 0 heterocycles. The van der Waals surface area contributed by atoms with Crippen molar-refractivity contribution in [2.24, 2.45) is 0 Å². The van der Waals surface area contributed by atoms with Crippen LogP contribution in [0.1, 0.15) is 24.2 Å². The largest absolute Gasteiger partial charge is 0.504 e. The zero-order chi connectivity index (χ0) is 12.5. The Morgan fingerprint density at radius 2 is 1.94 bits per heavy atom. The number of aromatic hydroxyl groups is 2. The van der Waals surface area contributed by atoms with Crippen molar-refractivity contribution >= 4 is 5.97 Å². The fourth-order valence-corrected chi connectivity index (χ4v) is 1.06. The van der Waals surface area contributed by atoms with Crippen LogP contribution < -0.4 is 0 Å². The first-order valence-electron chi connectivity index (χ1n) is 4.45. The van der Waals surface area contributed by atoms with Gasteiger partial charge in [0.25, 0.3) is 0 Å². The minimum Gasteiger partial charge on any atom is -0.504 e. The molecule has 2 N–H and O–H groups in total. The highest BCUT2D eigenvalue weighted by Crippen LogP contribution is 2.33. The molecule has 0 fully saturated rings. The number of rotatable bonds is 2. The average molecular weight is 232 g/mol. The Kier molecular flexibility index (Phi) is 3.31. The van der Waals surface area contributed by atoms with E-state index in [1.165, 1.54) is 13.8 Å². The van der Waals surface area contributed by atoms with Crippen LogP contribution in [0.5, 0.6) is 11.5 Å². The van der Waals surface area contributed by atoms with Gasteiger partial charge in [-0.05, 0) is 13.8 Å². The van der Waals surface area contributed by atoms with Crippen molar-refractivity contribution in [2.45, 2.75) is 20.0 Å². The van der Waals surface area contributed by atoms with Gasteiger partial charge in [-0.25, -0.2) is 13.6 Å². The van der Waals surface area contributed by atoms with E-state index in [2.05, 4.69) is 4.74 Å². The molecule has 0 saturated heterocycles. The van der Waals surface area contributed by atoms with Gasteiger partial charge in [0.15, 0.2) is 23.1 Å². The van der Waals surface area contributed by atoms with Crippen molar-refractivity contribution in [1.82, 2.24) is 0 Å². The number of halogens is 2. The van der Waals surface area contributed by atoms with E-state index >= 15 is 0 Å². The summed E-state index contributed by atoms with van der Waals surface area (Å²) in [6.45, 7) is 3.01. The zero-order valence-corrected chi connectivity index (χ0v) is 8.62. The maximum absolute atomic E-state index is 13.2. The molecule has 0 aliphatic rings. The summed E-state index contributed by atoms with van der Waals surface area (Å²) in [5, 5.41) is 18.3. The second kappa shape index (κ2) is 4.34. The third-order valence-electron chi connectivity index (χ3n) is 1.72. The topological polar surface area (TPSA) is 66.8 Å². The number of hydrogen-bond donors (Lipinski definition) is 2. The molecule has 0 atom stereocenters. The number of phenolic OH excluding ortho intramolecular Hbond substituents is 2. The molecule has 0 aromatic heterocycles. The van der Waals surface area contributed by atoms with Crippen LogP contribution in [-0.2, 0) is 4.74 Å². The number of carbonyl (C=O) groups is 1. The maximum atomic E-state index is 13.2. The zero-order valence-electron chi connectivity index (χ0n) is 8.62. The van der Waals surface area contributed by atoms with E-state index in [0.29, 0.717) is 6.07 Å². The molecule has 88 valence electrons. The van der Waals surface area contributed by atoms with Crippen LogP contribution in [-0.4, -0.2) is 22.3 Å². The van der Waals surface area contributed by atoms with Crippen molar-refractivity contribution in [3.63, 3.8) is 0 Å². The van der Waals surface area contributed by atoms with E-state index < -0.39 is 40.8 Å². The first kappa shape index (κ1) is 12.2. The quantitative estimate of drug-likeness (QED) is 0.604. The van der Waals surface area contributed by atoms with Crippen LogP contribution >= 0.6 is 0 Å². The van der Waals surface area contributed by atoms with Gasteiger partial charge < -0.3 is 14.9 Å². The van der Waals surface area contributed by atoms with Crippen molar-refractivity contribution in [3.8, 4) is 11.5 Å². The van der Waals surface area contributed by atoms with Crippen LogP contribution in [0.15, 0.2) is 6.07 Å². The molecule has 0 aliphatic heterocycles. The Morgan fingerprint density at radius 1 is 1.38 bits per heavy atom. The van der Waals surface area contributed by atoms with Crippen molar-refractivity contribution in [1.29, 1.82) is 0 Å². The minimum absolute atomic E-state index is 0.372. The van der Waals surface area contributed by atoms with E-state index in [-0.39, 0.29) is 0 Å². The summed E-state index contributed by atoms with van der Waals surface area (Å²) in [6, 6.07) is 0.372. The van der Waals surface area contributed by atoms with Gasteiger partial charge in [0, 0.05) is 6.07 Å². The number of hydrogen-bond acceptors (Lipinski definition) is 4. The van der Waals surface area contributed by atoms with Crippen LogP contribution in [0.2, 0.25) is 0 Å². The number of esters is 1. The summed E-state index contributed by atoms with van der Waals surface area (Å²) >= 11 is 0. The van der Waals surface area contributed by atoms with Gasteiger partial charge in [-0.1, -0.05) is 0 Å². The maximum Gasteiger partial charge on any atom is 0.345 e. The first-order chi connectivity index (χ1) is 7.34. The van der Waals surface area contributed by atoms with E-state index in [0.717, 1.165) is 0 Å². The smallest absolute Gasteiger partial charge is 0.345 e. The third kappa shape index (κ3) is 2.21. The molecular formula is C10H10F2O4. The SMILES string of the molecule is CC(C)OC(=O)c1c(O)c(O)cc(F)c1F. The van der Waals surface area contributed by atoms with E-state index in [1.54, 1.807) is 0 Å². The molecule has 4 nitrogen and oxygen atoms in total. The van der Waals surface area contributed by atoms with Gasteiger partial charge in [-0.15, -0.1) is 0 Å². The van der Waals surface area contributed by atoms with Crippen molar-refractivity contribution in [3.05, 3.63) is 23.3 Å². The third-order valence-corrected chi connectivity index (χ3v) is 1.72. The van der Waals surface area contributed by atoms with E-state index in [1.807, 2.05) is 0 Å². The van der Waals surface area contributed by atoms with Gasteiger partial charge in [0.1, 0.15) is 5.56 Å². The second-order valence-electron chi connectivity index (χ2n) is 3.37. The average Bonchev–Trinajstić information content (AvgIpc) is 2.14. The normalized spacial score (nSPS) is 10.6. The molecule has 0 radical (unpaired) electrons. The summed E-state index contributed by atoms with van der Waals surface area (Å²) in [4.78, 5) is 11.3. The van der Waals surface area contributed by atoms with Crippen molar-refractivity contribution < 1.29 is 28.5 Å². The number of phenols is 2. The Labute approximate surface area is 90.1 Å². The molecule has 0 aliphatic carbocycles. The van der Waals surface area contributed by atoms with Crippen LogP contribution in [0.25, 0.3) is 0 Å². The summed E-state index contributed by atoms with van der Waals surface area (Å²) in [6.07, 6.45) is -0.559. The molecule has 0 saturated carbocycles. The minimum atomic E-state index is -1.55. The Hall–Kier alpha value is -1.85. The molecule has 1 aromatic carbocycles. The molecule has 0 spiro atoms. The van der Waals surface area contributed by atoms with Crippen LogP contribution in [0.3, 0.4) is 0 Å². The molecule has 1 aromatic rings. The lowest BCUT2D eigenvalue weighted by atomic mass is 10.1. The highest BCUT2D eigenvalue weighted by atomic mass is 19.2. The molecular weight excluding hydrogens is 222 g/mol. The molecule has 0 unspecified atom stereocenters. The Bertz CT molecular complexity index is 403. The molecule has 0 amide bonds. The van der Waals surface area contributed by atoms with Gasteiger partial charge >= 0.3 is 5.97 Å². The molecule has 6 heteroatoms.